The van der Waals surface area contributed by atoms with E-state index >= 15 is 0 Å². The number of nitrogens with one attached hydrogen (secondary N) is 2. The first kappa shape index (κ1) is 26.1. The normalized spacial score (nSPS) is 11.6. The van der Waals surface area contributed by atoms with Gasteiger partial charge in [-0.05, 0) is 36.7 Å². The molecule has 12 nitrogen and oxygen atoms in total. The van der Waals surface area contributed by atoms with E-state index in [-0.39, 0.29) is 41.6 Å². The molecule has 0 aliphatic heterocycles. The molecule has 0 saturated heterocycles. The van der Waals surface area contributed by atoms with Crippen LogP contribution in [0.4, 0.5) is 21.8 Å². The molecule has 0 aliphatic carbocycles. The summed E-state index contributed by atoms with van der Waals surface area (Å²) < 4.78 is 61.6. The van der Waals surface area contributed by atoms with Gasteiger partial charge in [0.25, 0.3) is 31.8 Å². The number of aromatic nitrogens is 2. The van der Waals surface area contributed by atoms with Crippen LogP contribution in [-0.2, 0) is 20.0 Å². The summed E-state index contributed by atoms with van der Waals surface area (Å²) >= 11 is 13.9. The van der Waals surface area contributed by atoms with Gasteiger partial charge in [-0.3, -0.25) is 0 Å². The van der Waals surface area contributed by atoms with Crippen molar-refractivity contribution >= 4 is 87.7 Å². The van der Waals surface area contributed by atoms with E-state index < -0.39 is 20.0 Å². The average molecular weight is 588 g/mol. The van der Waals surface area contributed by atoms with Gasteiger partial charge in [0, 0.05) is 0 Å². The summed E-state index contributed by atoms with van der Waals surface area (Å²) in [5.74, 6) is -0.232. The first-order valence-electron chi connectivity index (χ1n) is 8.78. The number of hydrogen-bond acceptors (Lipinski definition) is 12. The van der Waals surface area contributed by atoms with Gasteiger partial charge in [-0.25, -0.2) is 26.3 Å². The van der Waals surface area contributed by atoms with Crippen molar-refractivity contribution in [3.8, 4) is 0 Å². The van der Waals surface area contributed by atoms with Gasteiger partial charge in [0.05, 0.1) is 0 Å². The van der Waals surface area contributed by atoms with Crippen LogP contribution in [0.15, 0.2) is 41.7 Å². The molecule has 0 aliphatic rings. The van der Waals surface area contributed by atoms with Crippen LogP contribution in [0, 0.1) is 13.8 Å². The Labute approximate surface area is 211 Å². The summed E-state index contributed by atoms with van der Waals surface area (Å²) in [6.45, 7) is 3.20. The molecule has 18 heteroatoms. The monoisotopic (exact) mass is 586 g/mol. The smallest absolute Gasteiger partial charge is 0.267 e. The van der Waals surface area contributed by atoms with Gasteiger partial charge in [-0.1, -0.05) is 33.5 Å². The SMILES string of the molecule is Cc1noc(NS(=O)(=O)c2ccsc2N)c1Cl.Cc1noc(NS(=O)(=O)c2ccsc2N)c1Cl. The summed E-state index contributed by atoms with van der Waals surface area (Å²) in [6, 6.07) is 2.80. The molecule has 0 amide bonds. The summed E-state index contributed by atoms with van der Waals surface area (Å²) in [5, 5.41) is 10.9. The van der Waals surface area contributed by atoms with Gasteiger partial charge in [0.15, 0.2) is 0 Å². The second-order valence-electron chi connectivity index (χ2n) is 6.33. The number of halogens is 2. The van der Waals surface area contributed by atoms with E-state index in [4.69, 9.17) is 43.7 Å². The maximum Gasteiger partial charge on any atom is 0.267 e. The Morgan fingerprint density at radius 3 is 1.38 bits per heavy atom. The molecule has 0 radical (unpaired) electrons. The van der Waals surface area contributed by atoms with Crippen molar-refractivity contribution in [3.05, 3.63) is 44.3 Å². The zero-order chi connectivity index (χ0) is 25.3. The lowest BCUT2D eigenvalue weighted by atomic mass is 10.5. The summed E-state index contributed by atoms with van der Waals surface area (Å²) in [5.41, 5.74) is 11.9. The highest BCUT2D eigenvalue weighted by Gasteiger charge is 2.24. The van der Waals surface area contributed by atoms with Gasteiger partial charge < -0.3 is 20.5 Å². The first-order chi connectivity index (χ1) is 15.8. The first-order valence-corrected chi connectivity index (χ1v) is 14.3. The van der Waals surface area contributed by atoms with E-state index in [2.05, 4.69) is 19.8 Å². The van der Waals surface area contributed by atoms with Gasteiger partial charge in [-0.15, -0.1) is 22.7 Å². The number of rotatable bonds is 6. The Bertz CT molecular complexity index is 1410. The highest BCUT2D eigenvalue weighted by Crippen LogP contribution is 2.31. The lowest BCUT2D eigenvalue weighted by Crippen LogP contribution is -2.13. The highest BCUT2D eigenvalue weighted by molar-refractivity contribution is 7.93. The number of nitrogens with zero attached hydrogens (tertiary/aromatic N) is 2. The molecular weight excluding hydrogens is 571 g/mol. The van der Waals surface area contributed by atoms with Crippen LogP contribution in [0.5, 0.6) is 0 Å². The van der Waals surface area contributed by atoms with Gasteiger partial charge in [0.2, 0.25) is 0 Å². The third kappa shape index (κ3) is 5.59. The van der Waals surface area contributed by atoms with Crippen LogP contribution in [0.3, 0.4) is 0 Å². The Kier molecular flexibility index (Phi) is 7.69. The number of nitrogen functional groups attached to an aromatic ring is 2. The predicted octanol–water partition coefficient (Wildman–Crippen LogP) is 4.16. The van der Waals surface area contributed by atoms with Crippen LogP contribution in [0.1, 0.15) is 11.4 Å². The minimum absolute atomic E-state index is 0.00683. The number of thiophene rings is 2. The molecule has 0 bridgehead atoms. The molecule has 0 atom stereocenters. The van der Waals surface area contributed by atoms with Crippen molar-refractivity contribution in [3.63, 3.8) is 0 Å². The quantitative estimate of drug-likeness (QED) is 0.254. The number of anilines is 4. The second kappa shape index (κ2) is 10.0. The minimum Gasteiger partial charge on any atom is -0.389 e. The van der Waals surface area contributed by atoms with Crippen LogP contribution < -0.4 is 20.9 Å². The molecule has 0 spiro atoms. The Morgan fingerprint density at radius 1 is 0.794 bits per heavy atom. The predicted molar refractivity (Wildman–Crippen MR) is 132 cm³/mol. The van der Waals surface area contributed by atoms with Crippen molar-refractivity contribution in [2.75, 3.05) is 20.9 Å². The summed E-state index contributed by atoms with van der Waals surface area (Å²) in [6.07, 6.45) is 0. The molecule has 6 N–H and O–H groups in total. The van der Waals surface area contributed by atoms with Crippen LogP contribution in [0.2, 0.25) is 10.0 Å². The van der Waals surface area contributed by atoms with Gasteiger partial charge in [0.1, 0.15) is 41.2 Å². The minimum atomic E-state index is -3.79. The number of nitrogens with two attached hydrogens (primary N) is 2. The summed E-state index contributed by atoms with van der Waals surface area (Å²) in [4.78, 5) is -0.0137. The molecular formula is C16H16Cl2N6O6S4. The largest absolute Gasteiger partial charge is 0.389 e. The fraction of sp³-hybridized carbons (Fsp3) is 0.125. The number of sulfonamides is 2. The lowest BCUT2D eigenvalue weighted by molar-refractivity contribution is 0.430. The zero-order valence-corrected chi connectivity index (χ0v) is 22.0. The van der Waals surface area contributed by atoms with E-state index in [0.717, 1.165) is 22.7 Å². The zero-order valence-electron chi connectivity index (χ0n) is 17.2. The van der Waals surface area contributed by atoms with Gasteiger partial charge >= 0.3 is 0 Å². The molecule has 0 saturated carbocycles. The van der Waals surface area contributed by atoms with Crippen LogP contribution in [0.25, 0.3) is 0 Å². The third-order valence-electron chi connectivity index (χ3n) is 3.93. The standard InChI is InChI=1S/2C8H8ClN3O3S2/c2*1-4-6(9)8(15-11-4)12-17(13,14)5-2-3-16-7(5)10/h2*2-3,12H,10H2,1H3. The van der Waals surface area contributed by atoms with Crippen molar-refractivity contribution in [1.82, 2.24) is 10.3 Å². The van der Waals surface area contributed by atoms with E-state index in [9.17, 15) is 16.8 Å². The number of aryl methyl sites for hydroxylation is 2. The molecule has 34 heavy (non-hydrogen) atoms. The van der Waals surface area contributed by atoms with Crippen molar-refractivity contribution < 1.29 is 25.9 Å². The molecule has 184 valence electrons. The van der Waals surface area contributed by atoms with Crippen molar-refractivity contribution in [2.24, 2.45) is 0 Å². The van der Waals surface area contributed by atoms with Crippen LogP contribution >= 0.6 is 45.9 Å². The van der Waals surface area contributed by atoms with E-state index in [1.165, 1.54) is 12.1 Å². The van der Waals surface area contributed by atoms with E-state index in [0.29, 0.717) is 11.4 Å². The third-order valence-corrected chi connectivity index (χ3v) is 9.35. The molecule has 4 aromatic rings. The molecule has 0 unspecified atom stereocenters. The Hall–Kier alpha value is -2.50. The topological polar surface area (TPSA) is 196 Å². The second-order valence-corrected chi connectivity index (χ2v) is 12.3. The number of hydrogen-bond donors (Lipinski definition) is 4. The average Bonchev–Trinajstić information content (AvgIpc) is 3.52. The van der Waals surface area contributed by atoms with E-state index in [1.54, 1.807) is 24.6 Å². The molecule has 4 rings (SSSR count). The van der Waals surface area contributed by atoms with Crippen molar-refractivity contribution in [2.45, 2.75) is 23.6 Å². The maximum absolute atomic E-state index is 11.9. The van der Waals surface area contributed by atoms with E-state index in [1.807, 2.05) is 0 Å². The maximum atomic E-state index is 11.9. The Morgan fingerprint density at radius 2 is 1.15 bits per heavy atom. The summed E-state index contributed by atoms with van der Waals surface area (Å²) in [7, 11) is -7.59. The molecule has 4 aromatic heterocycles. The van der Waals surface area contributed by atoms with Crippen LogP contribution in [-0.4, -0.2) is 27.1 Å². The van der Waals surface area contributed by atoms with Gasteiger partial charge in [-0.2, -0.15) is 0 Å². The fourth-order valence-corrected chi connectivity index (χ4v) is 6.81. The highest BCUT2D eigenvalue weighted by atomic mass is 35.5. The molecule has 4 heterocycles. The van der Waals surface area contributed by atoms with Crippen molar-refractivity contribution in [1.29, 1.82) is 0 Å². The Balaban J connectivity index is 0.000000191. The molecule has 0 fully saturated rings. The lowest BCUT2D eigenvalue weighted by Gasteiger charge is -2.03. The fourth-order valence-electron chi connectivity index (χ4n) is 2.26. The molecule has 0 aromatic carbocycles.